The van der Waals surface area contributed by atoms with Gasteiger partial charge >= 0.3 is 0 Å². The minimum Gasteiger partial charge on any atom is -0.508 e. The van der Waals surface area contributed by atoms with E-state index in [4.69, 9.17) is 0 Å². The molecular formula is C26H29N5O3S. The van der Waals surface area contributed by atoms with Gasteiger partial charge in [-0.3, -0.25) is 9.59 Å². The predicted octanol–water partition coefficient (Wildman–Crippen LogP) is 4.27. The number of rotatable bonds is 9. The van der Waals surface area contributed by atoms with Gasteiger partial charge in [-0.1, -0.05) is 42.5 Å². The highest BCUT2D eigenvalue weighted by atomic mass is 32.1. The number of carbonyl (C=O) groups excluding carboxylic acids is 2. The van der Waals surface area contributed by atoms with Gasteiger partial charge in [0.2, 0.25) is 11.8 Å². The van der Waals surface area contributed by atoms with E-state index in [0.29, 0.717) is 11.1 Å². The highest BCUT2D eigenvalue weighted by molar-refractivity contribution is 7.09. The summed E-state index contributed by atoms with van der Waals surface area (Å²) in [5.41, 5.74) is 1.60. The van der Waals surface area contributed by atoms with E-state index < -0.39 is 11.6 Å². The molecule has 0 spiro atoms. The SMILES string of the molecule is CCC(C)(C)NC(=O)[C@H](c1ccc(O)cc1)N(Cc1cccs1)C(=O)Cn1nnc2ccccc21. The fourth-order valence-corrected chi connectivity index (χ4v) is 4.47. The van der Waals surface area contributed by atoms with Crippen LogP contribution in [0.4, 0.5) is 0 Å². The monoisotopic (exact) mass is 491 g/mol. The number of benzene rings is 2. The summed E-state index contributed by atoms with van der Waals surface area (Å²) in [5, 5.41) is 23.2. The fourth-order valence-electron chi connectivity index (χ4n) is 3.77. The number of thiophene rings is 1. The summed E-state index contributed by atoms with van der Waals surface area (Å²) in [6.45, 7) is 6.09. The zero-order valence-corrected chi connectivity index (χ0v) is 20.8. The number of phenols is 1. The molecule has 2 amide bonds. The van der Waals surface area contributed by atoms with Gasteiger partial charge in [0, 0.05) is 10.4 Å². The van der Waals surface area contributed by atoms with Crippen molar-refractivity contribution in [2.75, 3.05) is 0 Å². The first-order valence-electron chi connectivity index (χ1n) is 11.5. The Kier molecular flexibility index (Phi) is 7.16. The maximum atomic E-state index is 13.8. The molecule has 0 unspecified atom stereocenters. The van der Waals surface area contributed by atoms with Gasteiger partial charge in [0.25, 0.3) is 0 Å². The third kappa shape index (κ3) is 5.68. The molecule has 0 bridgehead atoms. The Morgan fingerprint density at radius 3 is 2.54 bits per heavy atom. The maximum absolute atomic E-state index is 13.8. The molecule has 0 fully saturated rings. The molecule has 182 valence electrons. The highest BCUT2D eigenvalue weighted by Crippen LogP contribution is 2.28. The minimum atomic E-state index is -0.897. The molecule has 35 heavy (non-hydrogen) atoms. The van der Waals surface area contributed by atoms with Crippen molar-refractivity contribution in [3.05, 3.63) is 76.5 Å². The van der Waals surface area contributed by atoms with Crippen LogP contribution in [0.3, 0.4) is 0 Å². The van der Waals surface area contributed by atoms with E-state index in [9.17, 15) is 14.7 Å². The minimum absolute atomic E-state index is 0.0646. The lowest BCUT2D eigenvalue weighted by Crippen LogP contribution is -2.50. The maximum Gasteiger partial charge on any atom is 0.247 e. The lowest BCUT2D eigenvalue weighted by Gasteiger charge is -2.34. The van der Waals surface area contributed by atoms with E-state index >= 15 is 0 Å². The Bertz CT molecular complexity index is 1300. The highest BCUT2D eigenvalue weighted by Gasteiger charge is 2.34. The molecule has 0 aliphatic rings. The number of para-hydroxylation sites is 1. The van der Waals surface area contributed by atoms with Crippen LogP contribution in [0.1, 0.15) is 43.7 Å². The number of nitrogens with one attached hydrogen (secondary N) is 1. The number of phenolic OH excluding ortho intramolecular Hbond substituents is 1. The summed E-state index contributed by atoms with van der Waals surface area (Å²) in [7, 11) is 0. The second-order valence-electron chi connectivity index (χ2n) is 9.06. The largest absolute Gasteiger partial charge is 0.508 e. The smallest absolute Gasteiger partial charge is 0.247 e. The number of hydrogen-bond donors (Lipinski definition) is 2. The van der Waals surface area contributed by atoms with Gasteiger partial charge in [0.15, 0.2) is 0 Å². The first-order chi connectivity index (χ1) is 16.8. The van der Waals surface area contributed by atoms with E-state index in [0.717, 1.165) is 16.8 Å². The normalized spacial score (nSPS) is 12.4. The standard InChI is InChI=1S/C26H29N5O3S/c1-4-26(2,3)27-25(34)24(18-11-13-19(32)14-12-18)30(16-20-8-7-15-35-20)23(33)17-31-22-10-6-5-9-21(22)28-29-31/h5-15,24,32H,4,16-17H2,1-3H3,(H,27,34)/t24-/m0/s1. The predicted molar refractivity (Wildman–Crippen MR) is 136 cm³/mol. The van der Waals surface area contributed by atoms with Crippen LogP contribution in [0.5, 0.6) is 5.75 Å². The molecule has 2 heterocycles. The van der Waals surface area contributed by atoms with Crippen LogP contribution in [0, 0.1) is 0 Å². The van der Waals surface area contributed by atoms with Crippen molar-refractivity contribution in [1.29, 1.82) is 0 Å². The first kappa shape index (κ1) is 24.4. The van der Waals surface area contributed by atoms with Crippen LogP contribution in [0.2, 0.25) is 0 Å². The van der Waals surface area contributed by atoms with Gasteiger partial charge in [-0.2, -0.15) is 0 Å². The number of aromatic hydroxyl groups is 1. The van der Waals surface area contributed by atoms with Crippen LogP contribution in [0.15, 0.2) is 66.0 Å². The van der Waals surface area contributed by atoms with Crippen LogP contribution in [-0.4, -0.2) is 42.4 Å². The van der Waals surface area contributed by atoms with Gasteiger partial charge in [-0.05, 0) is 61.5 Å². The Morgan fingerprint density at radius 2 is 1.86 bits per heavy atom. The van der Waals surface area contributed by atoms with E-state index in [-0.39, 0.29) is 30.7 Å². The average molecular weight is 492 g/mol. The number of hydrogen-bond acceptors (Lipinski definition) is 6. The van der Waals surface area contributed by atoms with Crippen molar-refractivity contribution in [3.8, 4) is 5.75 Å². The van der Waals surface area contributed by atoms with E-state index in [1.165, 1.54) is 23.5 Å². The molecule has 0 radical (unpaired) electrons. The lowest BCUT2D eigenvalue weighted by molar-refractivity contribution is -0.142. The molecule has 9 heteroatoms. The van der Waals surface area contributed by atoms with Crippen LogP contribution >= 0.6 is 11.3 Å². The van der Waals surface area contributed by atoms with E-state index in [2.05, 4.69) is 15.6 Å². The van der Waals surface area contributed by atoms with Gasteiger partial charge in [-0.15, -0.1) is 16.4 Å². The average Bonchev–Trinajstić information content (AvgIpc) is 3.50. The van der Waals surface area contributed by atoms with Gasteiger partial charge < -0.3 is 15.3 Å². The molecule has 2 aromatic heterocycles. The number of carbonyl (C=O) groups is 2. The third-order valence-electron chi connectivity index (χ3n) is 6.05. The lowest BCUT2D eigenvalue weighted by atomic mass is 9.98. The topological polar surface area (TPSA) is 100 Å². The summed E-state index contributed by atoms with van der Waals surface area (Å²) < 4.78 is 1.56. The van der Waals surface area contributed by atoms with E-state index in [1.54, 1.807) is 21.7 Å². The Labute approximate surface area is 208 Å². The molecule has 4 aromatic rings. The molecule has 8 nitrogen and oxygen atoms in total. The Hall–Kier alpha value is -3.72. The van der Waals surface area contributed by atoms with Gasteiger partial charge in [0.1, 0.15) is 23.9 Å². The summed E-state index contributed by atoms with van der Waals surface area (Å²) in [6, 6.07) is 16.8. The fraction of sp³-hybridized carbons (Fsp3) is 0.308. The Balaban J connectivity index is 1.74. The van der Waals surface area contributed by atoms with Crippen molar-refractivity contribution < 1.29 is 14.7 Å². The van der Waals surface area contributed by atoms with Gasteiger partial charge in [-0.25, -0.2) is 4.68 Å². The Morgan fingerprint density at radius 1 is 1.11 bits per heavy atom. The first-order valence-corrected chi connectivity index (χ1v) is 12.4. The molecule has 0 saturated heterocycles. The summed E-state index contributed by atoms with van der Waals surface area (Å²) >= 11 is 1.52. The van der Waals surface area contributed by atoms with Crippen molar-refractivity contribution in [2.45, 2.75) is 51.9 Å². The summed E-state index contributed by atoms with van der Waals surface area (Å²) in [6.07, 6.45) is 0.727. The molecule has 2 aromatic carbocycles. The number of fused-ring (bicyclic) bond motifs is 1. The number of nitrogens with zero attached hydrogens (tertiary/aromatic N) is 4. The molecule has 1 atom stereocenters. The second kappa shape index (κ2) is 10.3. The molecule has 4 rings (SSSR count). The molecule has 2 N–H and O–H groups in total. The molecule has 0 aliphatic heterocycles. The van der Waals surface area contributed by atoms with Crippen LogP contribution < -0.4 is 5.32 Å². The molecule has 0 aliphatic carbocycles. The van der Waals surface area contributed by atoms with Crippen LogP contribution in [-0.2, 0) is 22.7 Å². The zero-order valence-electron chi connectivity index (χ0n) is 20.0. The second-order valence-corrected chi connectivity index (χ2v) is 10.1. The van der Waals surface area contributed by atoms with Crippen molar-refractivity contribution in [2.24, 2.45) is 0 Å². The zero-order chi connectivity index (χ0) is 25.0. The third-order valence-corrected chi connectivity index (χ3v) is 6.91. The number of amides is 2. The molecule has 0 saturated carbocycles. The summed E-state index contributed by atoms with van der Waals surface area (Å²) in [5.74, 6) is -0.459. The summed E-state index contributed by atoms with van der Waals surface area (Å²) in [4.78, 5) is 30.0. The number of aromatic nitrogens is 3. The quantitative estimate of drug-likeness (QED) is 0.364. The van der Waals surface area contributed by atoms with Gasteiger partial charge in [0.05, 0.1) is 12.1 Å². The van der Waals surface area contributed by atoms with Crippen molar-refractivity contribution >= 4 is 34.2 Å². The van der Waals surface area contributed by atoms with Crippen molar-refractivity contribution in [1.82, 2.24) is 25.2 Å². The van der Waals surface area contributed by atoms with Crippen LogP contribution in [0.25, 0.3) is 11.0 Å². The molecular weight excluding hydrogens is 462 g/mol. The van der Waals surface area contributed by atoms with Crippen molar-refractivity contribution in [3.63, 3.8) is 0 Å². The van der Waals surface area contributed by atoms with E-state index in [1.807, 2.05) is 62.5 Å².